The molecule has 1 rings (SSSR count). The maximum absolute atomic E-state index is 12.3. The van der Waals surface area contributed by atoms with E-state index in [0.29, 0.717) is 0 Å². The summed E-state index contributed by atoms with van der Waals surface area (Å²) in [6, 6.07) is 3.58. The molecule has 0 heterocycles. The lowest BCUT2D eigenvalue weighted by atomic mass is 10.3. The first-order chi connectivity index (χ1) is 9.04. The fourth-order valence-corrected chi connectivity index (χ4v) is 1.88. The third-order valence-electron chi connectivity index (χ3n) is 1.94. The minimum Gasteiger partial charge on any atom is -0.370 e. The van der Waals surface area contributed by atoms with E-state index in [-0.39, 0.29) is 17.6 Å². The predicted molar refractivity (Wildman–Crippen MR) is 66.8 cm³/mol. The predicted octanol–water partition coefficient (Wildman–Crippen LogP) is 0.200. The Kier molecular flexibility index (Phi) is 4.23. The van der Waals surface area contributed by atoms with Gasteiger partial charge in [-0.2, -0.15) is 18.2 Å². The fourth-order valence-electron chi connectivity index (χ4n) is 1.12. The number of rotatable bonds is 2. The maximum Gasteiger partial charge on any atom is 0.501 e. The van der Waals surface area contributed by atoms with Gasteiger partial charge in [-0.1, -0.05) is 0 Å². The van der Waals surface area contributed by atoms with Crippen molar-refractivity contribution in [3.05, 3.63) is 24.3 Å². The number of aliphatic imine (C=N–C) groups is 2. The highest BCUT2D eigenvalue weighted by Crippen LogP contribution is 2.30. The van der Waals surface area contributed by atoms with Crippen molar-refractivity contribution in [2.24, 2.45) is 27.2 Å². The molecule has 0 aliphatic rings. The molecule has 1 aromatic carbocycles. The van der Waals surface area contributed by atoms with E-state index in [1.54, 1.807) is 0 Å². The second-order valence-corrected chi connectivity index (χ2v) is 5.39. The molecule has 6 N–H and O–H groups in total. The molecule has 20 heavy (non-hydrogen) atoms. The van der Waals surface area contributed by atoms with Crippen LogP contribution in [0.25, 0.3) is 0 Å². The van der Waals surface area contributed by atoms with Gasteiger partial charge in [0.25, 0.3) is 9.84 Å². The molecule has 11 heteroatoms. The van der Waals surface area contributed by atoms with Crippen molar-refractivity contribution in [1.29, 1.82) is 0 Å². The molecule has 7 nitrogen and oxygen atoms in total. The Bertz CT molecular complexity index is 645. The van der Waals surface area contributed by atoms with Crippen LogP contribution in [-0.2, 0) is 9.84 Å². The highest BCUT2D eigenvalue weighted by atomic mass is 32.2. The number of halogens is 3. The van der Waals surface area contributed by atoms with Gasteiger partial charge in [0.1, 0.15) is 0 Å². The summed E-state index contributed by atoms with van der Waals surface area (Å²) in [6.07, 6.45) is 0. The second-order valence-electron chi connectivity index (χ2n) is 3.45. The van der Waals surface area contributed by atoms with E-state index in [9.17, 15) is 21.6 Å². The van der Waals surface area contributed by atoms with Crippen LogP contribution in [0, 0.1) is 0 Å². The van der Waals surface area contributed by atoms with Crippen molar-refractivity contribution in [3.8, 4) is 0 Å². The quantitative estimate of drug-likeness (QED) is 0.529. The van der Waals surface area contributed by atoms with Crippen molar-refractivity contribution in [1.82, 2.24) is 0 Å². The first kappa shape index (κ1) is 15.8. The van der Waals surface area contributed by atoms with E-state index >= 15 is 0 Å². The normalized spacial score (nSPS) is 13.1. The summed E-state index contributed by atoms with van der Waals surface area (Å²) in [7, 11) is -5.39. The number of nitrogens with two attached hydrogens (primary N) is 3. The lowest BCUT2D eigenvalue weighted by Crippen LogP contribution is -2.26. The molecule has 0 spiro atoms. The monoisotopic (exact) mass is 309 g/mol. The molecule has 0 fully saturated rings. The maximum atomic E-state index is 12.3. The Labute approximate surface area is 111 Å². The Hall–Kier alpha value is -2.30. The van der Waals surface area contributed by atoms with Crippen LogP contribution in [0.15, 0.2) is 39.1 Å². The van der Waals surface area contributed by atoms with Gasteiger partial charge in [-0.05, 0) is 24.3 Å². The summed E-state index contributed by atoms with van der Waals surface area (Å²) in [6.45, 7) is 0. The second kappa shape index (κ2) is 5.36. The topological polar surface area (TPSA) is 137 Å². The summed E-state index contributed by atoms with van der Waals surface area (Å²) >= 11 is 0. The molecule has 0 atom stereocenters. The van der Waals surface area contributed by atoms with Crippen LogP contribution in [0.4, 0.5) is 18.9 Å². The van der Waals surface area contributed by atoms with Gasteiger partial charge >= 0.3 is 5.51 Å². The SMILES string of the molecule is NC(N)=NC(N)=Nc1ccc(S(=O)(=O)C(F)(F)F)cc1. The molecule has 0 amide bonds. The van der Waals surface area contributed by atoms with Crippen LogP contribution < -0.4 is 17.2 Å². The van der Waals surface area contributed by atoms with Gasteiger partial charge in [0.15, 0.2) is 5.96 Å². The van der Waals surface area contributed by atoms with Gasteiger partial charge in [0, 0.05) is 0 Å². The highest BCUT2D eigenvalue weighted by molar-refractivity contribution is 7.92. The molecular weight excluding hydrogens is 299 g/mol. The fraction of sp³-hybridized carbons (Fsp3) is 0.111. The molecule has 110 valence electrons. The first-order valence-electron chi connectivity index (χ1n) is 4.89. The average molecular weight is 309 g/mol. The smallest absolute Gasteiger partial charge is 0.370 e. The molecule has 1 aromatic rings. The van der Waals surface area contributed by atoms with Crippen LogP contribution in [0.5, 0.6) is 0 Å². The van der Waals surface area contributed by atoms with Gasteiger partial charge in [-0.15, -0.1) is 0 Å². The van der Waals surface area contributed by atoms with Gasteiger partial charge < -0.3 is 17.2 Å². The molecule has 0 aliphatic carbocycles. The third-order valence-corrected chi connectivity index (χ3v) is 3.44. The average Bonchev–Trinajstić information content (AvgIpc) is 2.26. The number of hydrogen-bond acceptors (Lipinski definition) is 3. The summed E-state index contributed by atoms with van der Waals surface area (Å²) in [5.41, 5.74) is 10.1. The zero-order valence-electron chi connectivity index (χ0n) is 9.79. The molecule has 0 unspecified atom stereocenters. The highest BCUT2D eigenvalue weighted by Gasteiger charge is 2.46. The van der Waals surface area contributed by atoms with E-state index in [4.69, 9.17) is 17.2 Å². The van der Waals surface area contributed by atoms with Crippen LogP contribution in [0.3, 0.4) is 0 Å². The lowest BCUT2D eigenvalue weighted by Gasteiger charge is -2.07. The minimum atomic E-state index is -5.39. The number of alkyl halides is 3. The minimum absolute atomic E-state index is 0.0913. The van der Waals surface area contributed by atoms with Crippen molar-refractivity contribution in [2.45, 2.75) is 10.4 Å². The zero-order valence-corrected chi connectivity index (χ0v) is 10.6. The summed E-state index contributed by atoms with van der Waals surface area (Å²) < 4.78 is 59.1. The molecule has 0 aliphatic heterocycles. The van der Waals surface area contributed by atoms with Crippen LogP contribution in [0.1, 0.15) is 0 Å². The standard InChI is InChI=1S/C9H10F3N5O2S/c10-9(11,12)20(18,19)6-3-1-5(2-4-6)16-8(15)17-7(13)14/h1-4H,(H6,13,14,15,16,17). The van der Waals surface area contributed by atoms with Crippen molar-refractivity contribution < 1.29 is 21.6 Å². The largest absolute Gasteiger partial charge is 0.501 e. The van der Waals surface area contributed by atoms with E-state index in [2.05, 4.69) is 9.98 Å². The van der Waals surface area contributed by atoms with E-state index in [0.717, 1.165) is 24.3 Å². The van der Waals surface area contributed by atoms with Crippen molar-refractivity contribution in [2.75, 3.05) is 0 Å². The van der Waals surface area contributed by atoms with Crippen molar-refractivity contribution >= 4 is 27.4 Å². The number of benzene rings is 1. The zero-order chi connectivity index (χ0) is 15.6. The molecular formula is C9H10F3N5O2S. The summed E-state index contributed by atoms with van der Waals surface area (Å²) in [5.74, 6) is -0.668. The Morgan fingerprint density at radius 2 is 1.55 bits per heavy atom. The molecule has 0 saturated heterocycles. The van der Waals surface area contributed by atoms with E-state index < -0.39 is 20.2 Å². The molecule has 0 radical (unpaired) electrons. The number of sulfone groups is 1. The van der Waals surface area contributed by atoms with E-state index in [1.807, 2.05) is 0 Å². The first-order valence-corrected chi connectivity index (χ1v) is 6.37. The number of guanidine groups is 2. The lowest BCUT2D eigenvalue weighted by molar-refractivity contribution is -0.0436. The van der Waals surface area contributed by atoms with Crippen LogP contribution >= 0.6 is 0 Å². The molecule has 0 saturated carbocycles. The van der Waals surface area contributed by atoms with Gasteiger partial charge in [-0.25, -0.2) is 13.4 Å². The third kappa shape index (κ3) is 3.60. The Balaban J connectivity index is 3.11. The summed E-state index contributed by atoms with van der Waals surface area (Å²) in [5, 5.41) is 0. The number of hydrogen-bond donors (Lipinski definition) is 3. The van der Waals surface area contributed by atoms with Gasteiger partial charge in [0.2, 0.25) is 5.96 Å². The number of nitrogens with zero attached hydrogens (tertiary/aromatic N) is 2. The van der Waals surface area contributed by atoms with Crippen LogP contribution in [-0.4, -0.2) is 25.8 Å². The van der Waals surface area contributed by atoms with Crippen LogP contribution in [0.2, 0.25) is 0 Å². The Morgan fingerprint density at radius 1 is 1.05 bits per heavy atom. The summed E-state index contributed by atoms with van der Waals surface area (Å²) in [4.78, 5) is 6.14. The van der Waals surface area contributed by atoms with Crippen molar-refractivity contribution in [3.63, 3.8) is 0 Å². The van der Waals surface area contributed by atoms with Gasteiger partial charge in [-0.3, -0.25) is 0 Å². The molecule has 0 aromatic heterocycles. The Morgan fingerprint density at radius 3 is 1.95 bits per heavy atom. The van der Waals surface area contributed by atoms with Gasteiger partial charge in [0.05, 0.1) is 10.6 Å². The van der Waals surface area contributed by atoms with E-state index in [1.165, 1.54) is 0 Å². The molecule has 0 bridgehead atoms.